The van der Waals surface area contributed by atoms with E-state index in [-0.39, 0.29) is 11.8 Å². The zero-order chi connectivity index (χ0) is 18.7. The Kier molecular flexibility index (Phi) is 5.23. The maximum atomic E-state index is 12.6. The van der Waals surface area contributed by atoms with E-state index in [4.69, 9.17) is 0 Å². The fourth-order valence-electron chi connectivity index (χ4n) is 2.77. The zero-order valence-electron chi connectivity index (χ0n) is 14.8. The summed E-state index contributed by atoms with van der Waals surface area (Å²) in [6, 6.07) is 12.7. The van der Waals surface area contributed by atoms with Gasteiger partial charge in [-0.3, -0.25) is 9.59 Å². The number of anilines is 1. The number of aliphatic imine (C=N–C) groups is 1. The van der Waals surface area contributed by atoms with Gasteiger partial charge < -0.3 is 10.6 Å². The largest absolute Gasteiger partial charge is 0.326 e. The van der Waals surface area contributed by atoms with Crippen molar-refractivity contribution in [3.8, 4) is 0 Å². The van der Waals surface area contributed by atoms with Gasteiger partial charge in [-0.2, -0.15) is 0 Å². The van der Waals surface area contributed by atoms with Crippen molar-refractivity contribution in [3.63, 3.8) is 0 Å². The third-order valence-electron chi connectivity index (χ3n) is 3.88. The maximum absolute atomic E-state index is 12.6. The van der Waals surface area contributed by atoms with Crippen LogP contribution in [0.3, 0.4) is 0 Å². The van der Waals surface area contributed by atoms with Crippen LogP contribution < -0.4 is 10.6 Å². The van der Waals surface area contributed by atoms with Crippen molar-refractivity contribution >= 4 is 45.7 Å². The topological polar surface area (TPSA) is 70.6 Å². The molecule has 0 aromatic heterocycles. The Labute approximate surface area is 156 Å². The highest BCUT2D eigenvalue weighted by Crippen LogP contribution is 2.34. The summed E-state index contributed by atoms with van der Waals surface area (Å²) in [5.74, 6) is -0.454. The van der Waals surface area contributed by atoms with E-state index in [1.54, 1.807) is 24.3 Å². The first-order chi connectivity index (χ1) is 12.4. The number of amidine groups is 1. The lowest BCUT2D eigenvalue weighted by molar-refractivity contribution is -0.114. The first-order valence-electron chi connectivity index (χ1n) is 8.15. The summed E-state index contributed by atoms with van der Waals surface area (Å²) in [5, 5.41) is 8.04. The van der Waals surface area contributed by atoms with Crippen molar-refractivity contribution in [1.29, 1.82) is 0 Å². The van der Waals surface area contributed by atoms with Gasteiger partial charge >= 0.3 is 0 Å². The summed E-state index contributed by atoms with van der Waals surface area (Å²) in [5.41, 5.74) is 5.23. The predicted octanol–water partition coefficient (Wildman–Crippen LogP) is 4.48. The van der Waals surface area contributed by atoms with E-state index < -0.39 is 0 Å². The molecule has 2 aromatic carbocycles. The van der Waals surface area contributed by atoms with Gasteiger partial charge in [-0.1, -0.05) is 30.0 Å². The van der Waals surface area contributed by atoms with Crippen LogP contribution in [0.25, 0.3) is 5.57 Å². The van der Waals surface area contributed by atoms with Crippen LogP contribution in [-0.2, 0) is 4.79 Å². The smallest absolute Gasteiger partial charge is 0.257 e. The van der Waals surface area contributed by atoms with E-state index in [2.05, 4.69) is 15.6 Å². The number of allylic oxidation sites excluding steroid dienone is 1. The van der Waals surface area contributed by atoms with Gasteiger partial charge in [0.2, 0.25) is 5.91 Å². The van der Waals surface area contributed by atoms with Crippen LogP contribution in [-0.4, -0.2) is 17.0 Å². The van der Waals surface area contributed by atoms with E-state index in [1.807, 2.05) is 37.5 Å². The number of hydrogen-bond donors (Lipinski definition) is 2. The Hall–Kier alpha value is -2.86. The fourth-order valence-corrected chi connectivity index (χ4v) is 3.47. The van der Waals surface area contributed by atoms with Gasteiger partial charge in [-0.25, -0.2) is 4.99 Å². The molecule has 0 atom stereocenters. The van der Waals surface area contributed by atoms with Crippen LogP contribution in [0.4, 0.5) is 11.4 Å². The molecule has 3 rings (SSSR count). The van der Waals surface area contributed by atoms with Crippen LogP contribution in [0.5, 0.6) is 0 Å². The van der Waals surface area contributed by atoms with Gasteiger partial charge in [0.15, 0.2) is 5.17 Å². The van der Waals surface area contributed by atoms with Crippen LogP contribution in [0.15, 0.2) is 52.9 Å². The van der Waals surface area contributed by atoms with E-state index in [0.717, 1.165) is 22.4 Å². The van der Waals surface area contributed by atoms with Gasteiger partial charge in [0, 0.05) is 23.7 Å². The Morgan fingerprint density at radius 1 is 1.04 bits per heavy atom. The highest BCUT2D eigenvalue weighted by Gasteiger charge is 2.15. The average molecular weight is 365 g/mol. The molecule has 0 bridgehead atoms. The van der Waals surface area contributed by atoms with Crippen LogP contribution in [0, 0.1) is 6.92 Å². The minimum Gasteiger partial charge on any atom is -0.326 e. The molecule has 0 fully saturated rings. The molecular weight excluding hydrogens is 346 g/mol. The summed E-state index contributed by atoms with van der Waals surface area (Å²) in [4.78, 5) is 28.4. The summed E-state index contributed by atoms with van der Waals surface area (Å²) in [7, 11) is 0. The number of amides is 2. The fraction of sp³-hybridized carbons (Fsp3) is 0.150. The number of rotatable bonds is 2. The molecular formula is C20H19N3O2S. The number of aryl methyl sites for hydroxylation is 1. The summed E-state index contributed by atoms with van der Waals surface area (Å²) in [6.07, 6.45) is 0. The van der Waals surface area contributed by atoms with Gasteiger partial charge in [-0.05, 0) is 54.7 Å². The van der Waals surface area contributed by atoms with E-state index in [1.165, 1.54) is 18.7 Å². The molecule has 0 spiro atoms. The lowest BCUT2D eigenvalue weighted by Gasteiger charge is -2.09. The molecule has 1 aliphatic heterocycles. The lowest BCUT2D eigenvalue weighted by atomic mass is 10.0. The number of hydrogen-bond acceptors (Lipinski definition) is 4. The predicted molar refractivity (Wildman–Crippen MR) is 108 cm³/mol. The Balaban J connectivity index is 1.85. The van der Waals surface area contributed by atoms with Crippen molar-refractivity contribution in [3.05, 3.63) is 64.6 Å². The van der Waals surface area contributed by atoms with E-state index >= 15 is 0 Å². The molecule has 2 N–H and O–H groups in total. The Bertz CT molecular complexity index is 948. The standard InChI is InChI=1S/C20H19N3O2S/c1-12-6-4-9-17-18(12)13(2)11-26-20(22-17)23-19(25)15-7-5-8-16(10-15)21-14(3)24/h4-11H,1-3H3,(H,21,24)(H,22,23,25). The Morgan fingerprint density at radius 3 is 2.58 bits per heavy atom. The Morgan fingerprint density at radius 2 is 1.81 bits per heavy atom. The van der Waals surface area contributed by atoms with Gasteiger partial charge in [0.1, 0.15) is 0 Å². The third-order valence-corrected chi connectivity index (χ3v) is 4.77. The number of nitrogens with zero attached hydrogens (tertiary/aromatic N) is 1. The average Bonchev–Trinajstić information content (AvgIpc) is 2.74. The number of carbonyl (C=O) groups excluding carboxylic acids is 2. The SMILES string of the molecule is CC(=O)Nc1cccc(C(=O)NC2=Nc3cccc(C)c3C(C)=CS2)c1. The van der Waals surface area contributed by atoms with Gasteiger partial charge in [0.25, 0.3) is 5.91 Å². The molecule has 6 heteroatoms. The number of thioether (sulfide) groups is 1. The minimum absolute atomic E-state index is 0.182. The second-order valence-electron chi connectivity index (χ2n) is 6.02. The molecule has 2 amide bonds. The molecule has 0 aliphatic carbocycles. The number of nitrogens with one attached hydrogen (secondary N) is 2. The molecule has 1 heterocycles. The summed E-state index contributed by atoms with van der Waals surface area (Å²) < 4.78 is 0. The number of carbonyl (C=O) groups is 2. The molecule has 0 saturated heterocycles. The quantitative estimate of drug-likeness (QED) is 0.824. The van der Waals surface area contributed by atoms with Crippen LogP contribution in [0.2, 0.25) is 0 Å². The second-order valence-corrected chi connectivity index (χ2v) is 6.88. The number of fused-ring (bicyclic) bond motifs is 1. The summed E-state index contributed by atoms with van der Waals surface area (Å²) in [6.45, 7) is 5.52. The highest BCUT2D eigenvalue weighted by atomic mass is 32.2. The van der Waals surface area contributed by atoms with Crippen molar-refractivity contribution in [2.75, 3.05) is 5.32 Å². The molecule has 2 aromatic rings. The van der Waals surface area contributed by atoms with Gasteiger partial charge in [0.05, 0.1) is 5.69 Å². The minimum atomic E-state index is -0.273. The summed E-state index contributed by atoms with van der Waals surface area (Å²) >= 11 is 1.38. The molecule has 1 aliphatic rings. The van der Waals surface area contributed by atoms with E-state index in [0.29, 0.717) is 16.4 Å². The molecule has 26 heavy (non-hydrogen) atoms. The maximum Gasteiger partial charge on any atom is 0.257 e. The number of benzene rings is 2. The first-order valence-corrected chi connectivity index (χ1v) is 9.03. The molecule has 5 nitrogen and oxygen atoms in total. The van der Waals surface area contributed by atoms with Crippen molar-refractivity contribution in [2.45, 2.75) is 20.8 Å². The van der Waals surface area contributed by atoms with Crippen molar-refractivity contribution < 1.29 is 9.59 Å². The zero-order valence-corrected chi connectivity index (χ0v) is 15.6. The third kappa shape index (κ3) is 4.03. The molecule has 0 radical (unpaired) electrons. The first kappa shape index (κ1) is 17.9. The lowest BCUT2D eigenvalue weighted by Crippen LogP contribution is -2.28. The monoisotopic (exact) mass is 365 g/mol. The van der Waals surface area contributed by atoms with Gasteiger partial charge in [-0.15, -0.1) is 0 Å². The molecule has 0 saturated carbocycles. The van der Waals surface area contributed by atoms with Crippen molar-refractivity contribution in [1.82, 2.24) is 5.32 Å². The van der Waals surface area contributed by atoms with Crippen LogP contribution >= 0.6 is 11.8 Å². The molecule has 0 unspecified atom stereocenters. The van der Waals surface area contributed by atoms with E-state index in [9.17, 15) is 9.59 Å². The van der Waals surface area contributed by atoms with Crippen LogP contribution in [0.1, 0.15) is 35.3 Å². The molecule has 132 valence electrons. The second kappa shape index (κ2) is 7.58. The highest BCUT2D eigenvalue weighted by molar-refractivity contribution is 8.16. The normalized spacial score (nSPS) is 13.0. The van der Waals surface area contributed by atoms with Crippen molar-refractivity contribution in [2.24, 2.45) is 4.99 Å².